The van der Waals surface area contributed by atoms with Gasteiger partial charge in [0.05, 0.1) is 10.8 Å². The zero-order valence-electron chi connectivity index (χ0n) is 10.5. The Bertz CT molecular complexity index is 607. The summed E-state index contributed by atoms with van der Waals surface area (Å²) in [7, 11) is -1.27. The number of rotatable bonds is 3. The summed E-state index contributed by atoms with van der Waals surface area (Å²) in [5, 5.41) is 9.35. The van der Waals surface area contributed by atoms with Gasteiger partial charge in [-0.15, -0.1) is 0 Å². The minimum absolute atomic E-state index is 0.0122. The molecule has 0 radical (unpaired) electrons. The summed E-state index contributed by atoms with van der Waals surface area (Å²) in [6.07, 6.45) is 7.08. The van der Waals surface area contributed by atoms with Gasteiger partial charge < -0.3 is 5.11 Å². The van der Waals surface area contributed by atoms with Crippen LogP contribution in [0.25, 0.3) is 0 Å². The van der Waals surface area contributed by atoms with Crippen LogP contribution in [-0.2, 0) is 10.8 Å². The van der Waals surface area contributed by atoms with Crippen LogP contribution >= 0.6 is 0 Å². The van der Waals surface area contributed by atoms with Gasteiger partial charge in [0, 0.05) is 15.4 Å². The van der Waals surface area contributed by atoms with E-state index in [1.165, 1.54) is 13.0 Å². The van der Waals surface area contributed by atoms with Gasteiger partial charge in [-0.2, -0.15) is 0 Å². The quantitative estimate of drug-likeness (QED) is 0.860. The number of allylic oxidation sites excluding steroid dienone is 5. The number of carbonyl (C=O) groups is 1. The standard InChI is InChI=1S/C15H14O3S/c1-11(16)12-5-8-15(9-6-12)19(18)14-4-2-3-13(17)7-10-14/h2-3,5-10,17H,4H2,1H3. The molecular weight excluding hydrogens is 260 g/mol. The van der Waals surface area contributed by atoms with Crippen molar-refractivity contribution in [3.63, 3.8) is 0 Å². The average molecular weight is 274 g/mol. The monoisotopic (exact) mass is 274 g/mol. The molecule has 0 bridgehead atoms. The lowest BCUT2D eigenvalue weighted by Crippen LogP contribution is -1.97. The third-order valence-electron chi connectivity index (χ3n) is 2.76. The van der Waals surface area contributed by atoms with E-state index in [1.54, 1.807) is 42.5 Å². The van der Waals surface area contributed by atoms with Crippen molar-refractivity contribution >= 4 is 16.6 Å². The van der Waals surface area contributed by atoms with Gasteiger partial charge in [-0.05, 0) is 43.7 Å². The highest BCUT2D eigenvalue weighted by atomic mass is 32.2. The first-order chi connectivity index (χ1) is 9.08. The molecule has 1 aliphatic rings. The Balaban J connectivity index is 2.25. The molecule has 1 N–H and O–H groups in total. The second kappa shape index (κ2) is 5.80. The van der Waals surface area contributed by atoms with E-state index in [0.717, 1.165) is 4.91 Å². The summed E-state index contributed by atoms with van der Waals surface area (Å²) >= 11 is 0. The van der Waals surface area contributed by atoms with Gasteiger partial charge in [0.1, 0.15) is 5.76 Å². The number of hydrogen-bond acceptors (Lipinski definition) is 3. The Labute approximate surface area is 114 Å². The number of ketones is 1. The molecule has 0 heterocycles. The lowest BCUT2D eigenvalue weighted by molar-refractivity contribution is 0.101. The van der Waals surface area contributed by atoms with Crippen LogP contribution in [-0.4, -0.2) is 15.1 Å². The summed E-state index contributed by atoms with van der Waals surface area (Å²) in [4.78, 5) is 12.5. The lowest BCUT2D eigenvalue weighted by Gasteiger charge is -2.05. The number of benzene rings is 1. The van der Waals surface area contributed by atoms with Gasteiger partial charge in [0.25, 0.3) is 0 Å². The van der Waals surface area contributed by atoms with E-state index in [1.807, 2.05) is 0 Å². The van der Waals surface area contributed by atoms with E-state index in [9.17, 15) is 14.1 Å². The Hall–Kier alpha value is -1.94. The average Bonchev–Trinajstić information content (AvgIpc) is 2.63. The molecule has 4 heteroatoms. The van der Waals surface area contributed by atoms with E-state index in [4.69, 9.17) is 0 Å². The predicted octanol–water partition coefficient (Wildman–Crippen LogP) is 3.28. The number of aliphatic hydroxyl groups is 1. The maximum atomic E-state index is 12.4. The molecule has 0 saturated heterocycles. The van der Waals surface area contributed by atoms with Crippen LogP contribution in [0, 0.1) is 0 Å². The Morgan fingerprint density at radius 3 is 2.53 bits per heavy atom. The predicted molar refractivity (Wildman–Crippen MR) is 75.4 cm³/mol. The molecule has 0 aromatic heterocycles. The molecule has 1 unspecified atom stereocenters. The van der Waals surface area contributed by atoms with Crippen LogP contribution in [0.5, 0.6) is 0 Å². The van der Waals surface area contributed by atoms with Crippen molar-refractivity contribution in [2.24, 2.45) is 0 Å². The van der Waals surface area contributed by atoms with E-state index < -0.39 is 10.8 Å². The summed E-state index contributed by atoms with van der Waals surface area (Å²) in [6, 6.07) is 6.75. The van der Waals surface area contributed by atoms with Crippen LogP contribution in [0.1, 0.15) is 23.7 Å². The van der Waals surface area contributed by atoms with Gasteiger partial charge in [0.15, 0.2) is 5.78 Å². The molecule has 1 aliphatic carbocycles. The normalized spacial score (nSPS) is 16.3. The number of carbonyl (C=O) groups excluding carboxylic acids is 1. The Morgan fingerprint density at radius 1 is 1.21 bits per heavy atom. The number of Topliss-reactive ketones (excluding diaryl/α,β-unsaturated/α-hetero) is 1. The Kier molecular flexibility index (Phi) is 4.12. The Morgan fingerprint density at radius 2 is 1.89 bits per heavy atom. The molecule has 19 heavy (non-hydrogen) atoms. The van der Waals surface area contributed by atoms with Gasteiger partial charge in [-0.3, -0.25) is 4.79 Å². The summed E-state index contributed by atoms with van der Waals surface area (Å²) in [5.74, 6) is 0.140. The molecule has 0 fully saturated rings. The molecule has 0 spiro atoms. The molecule has 1 aromatic rings. The van der Waals surface area contributed by atoms with Crippen molar-refractivity contribution in [2.45, 2.75) is 18.2 Å². The molecule has 98 valence electrons. The summed E-state index contributed by atoms with van der Waals surface area (Å²) < 4.78 is 12.4. The van der Waals surface area contributed by atoms with E-state index >= 15 is 0 Å². The highest BCUT2D eigenvalue weighted by Crippen LogP contribution is 2.20. The largest absolute Gasteiger partial charge is 0.508 e. The zero-order chi connectivity index (χ0) is 13.8. The van der Waals surface area contributed by atoms with Crippen LogP contribution in [0.4, 0.5) is 0 Å². The minimum Gasteiger partial charge on any atom is -0.508 e. The maximum Gasteiger partial charge on any atom is 0.159 e. The first kappa shape index (κ1) is 13.5. The van der Waals surface area contributed by atoms with Crippen LogP contribution in [0.2, 0.25) is 0 Å². The smallest absolute Gasteiger partial charge is 0.159 e. The second-order valence-corrected chi connectivity index (χ2v) is 5.71. The molecule has 0 saturated carbocycles. The number of aliphatic hydroxyl groups excluding tert-OH is 1. The molecule has 0 aliphatic heterocycles. The van der Waals surface area contributed by atoms with E-state index in [2.05, 4.69) is 0 Å². The highest BCUT2D eigenvalue weighted by Gasteiger charge is 2.11. The fourth-order valence-corrected chi connectivity index (χ4v) is 2.83. The lowest BCUT2D eigenvalue weighted by atomic mass is 10.2. The first-order valence-electron chi connectivity index (χ1n) is 5.87. The highest BCUT2D eigenvalue weighted by molar-refractivity contribution is 7.89. The molecule has 1 aromatic carbocycles. The van der Waals surface area contributed by atoms with Crippen LogP contribution in [0.3, 0.4) is 0 Å². The molecule has 1 atom stereocenters. The van der Waals surface area contributed by atoms with Crippen molar-refractivity contribution in [3.05, 3.63) is 64.8 Å². The van der Waals surface area contributed by atoms with Crippen LogP contribution in [0.15, 0.2) is 64.1 Å². The fourth-order valence-electron chi connectivity index (χ4n) is 1.70. The third-order valence-corrected chi connectivity index (χ3v) is 4.24. The summed E-state index contributed by atoms with van der Waals surface area (Å²) in [6.45, 7) is 1.50. The second-order valence-electron chi connectivity index (χ2n) is 4.18. The van der Waals surface area contributed by atoms with Gasteiger partial charge >= 0.3 is 0 Å². The molecule has 0 amide bonds. The molecule has 2 rings (SSSR count). The fraction of sp³-hybridized carbons (Fsp3) is 0.133. The van der Waals surface area contributed by atoms with Gasteiger partial charge in [0.2, 0.25) is 0 Å². The number of hydrogen-bond donors (Lipinski definition) is 1. The van der Waals surface area contributed by atoms with Crippen molar-refractivity contribution < 1.29 is 14.1 Å². The van der Waals surface area contributed by atoms with E-state index in [0.29, 0.717) is 16.9 Å². The van der Waals surface area contributed by atoms with Crippen molar-refractivity contribution in [3.8, 4) is 0 Å². The minimum atomic E-state index is -1.27. The third kappa shape index (κ3) is 3.29. The molecular formula is C15H14O3S. The van der Waals surface area contributed by atoms with E-state index in [-0.39, 0.29) is 11.5 Å². The van der Waals surface area contributed by atoms with Crippen molar-refractivity contribution in [2.75, 3.05) is 0 Å². The van der Waals surface area contributed by atoms with Crippen LogP contribution < -0.4 is 0 Å². The topological polar surface area (TPSA) is 54.4 Å². The molecule has 3 nitrogen and oxygen atoms in total. The van der Waals surface area contributed by atoms with Gasteiger partial charge in [-0.1, -0.05) is 18.2 Å². The van der Waals surface area contributed by atoms with Gasteiger partial charge in [-0.25, -0.2) is 4.21 Å². The first-order valence-corrected chi connectivity index (χ1v) is 7.02. The maximum absolute atomic E-state index is 12.4. The zero-order valence-corrected chi connectivity index (χ0v) is 11.3. The summed E-state index contributed by atoms with van der Waals surface area (Å²) in [5.41, 5.74) is 0.605. The van der Waals surface area contributed by atoms with Crippen molar-refractivity contribution in [1.29, 1.82) is 0 Å². The van der Waals surface area contributed by atoms with Crippen molar-refractivity contribution in [1.82, 2.24) is 0 Å². The SMILES string of the molecule is CC(=O)c1ccc(S(=O)C2=CC=C(O)C=CC2)cc1.